The molecule has 20 heavy (non-hydrogen) atoms. The van der Waals surface area contributed by atoms with Crippen molar-refractivity contribution in [2.24, 2.45) is 5.73 Å². The zero-order chi connectivity index (χ0) is 15.0. The minimum atomic E-state index is -0.707. The molecule has 7 heteroatoms. The first-order valence-electron chi connectivity index (χ1n) is 6.06. The van der Waals surface area contributed by atoms with Crippen LogP contribution in [0.4, 0.5) is 10.5 Å². The van der Waals surface area contributed by atoms with Crippen LogP contribution >= 0.6 is 11.8 Å². The van der Waals surface area contributed by atoms with Crippen LogP contribution in [-0.4, -0.2) is 37.1 Å². The van der Waals surface area contributed by atoms with Gasteiger partial charge in [0.05, 0.1) is 7.11 Å². The lowest BCUT2D eigenvalue weighted by molar-refractivity contribution is -0.117. The molecule has 0 saturated carbocycles. The molecule has 1 rings (SSSR count). The lowest BCUT2D eigenvalue weighted by atomic mass is 10.2. The number of nitrogens with one attached hydrogen (secondary N) is 2. The van der Waals surface area contributed by atoms with Gasteiger partial charge in [-0.1, -0.05) is 0 Å². The quantitative estimate of drug-likeness (QED) is 0.709. The molecular formula is C13H19N3O3S. The fourth-order valence-corrected chi connectivity index (χ4v) is 2.05. The molecule has 1 aromatic rings. The second-order valence-corrected chi connectivity index (χ2v) is 5.05. The van der Waals surface area contributed by atoms with Crippen molar-refractivity contribution in [3.05, 3.63) is 24.3 Å². The number of anilines is 1. The number of nitrogens with two attached hydrogens (primary N) is 1. The SMILES string of the molecule is COc1ccc(NC(=O)[C@@H](CCSC)NC(N)=O)cc1. The van der Waals surface area contributed by atoms with Crippen LogP contribution < -0.4 is 21.1 Å². The Morgan fingerprint density at radius 1 is 1.35 bits per heavy atom. The van der Waals surface area contributed by atoms with Crippen LogP contribution in [0.2, 0.25) is 0 Å². The van der Waals surface area contributed by atoms with E-state index in [0.29, 0.717) is 17.9 Å². The maximum atomic E-state index is 12.1. The summed E-state index contributed by atoms with van der Waals surface area (Å²) in [5.41, 5.74) is 5.72. The van der Waals surface area contributed by atoms with Crippen LogP contribution in [0.1, 0.15) is 6.42 Å². The molecule has 0 fully saturated rings. The number of ether oxygens (including phenoxy) is 1. The molecule has 0 aromatic heterocycles. The maximum absolute atomic E-state index is 12.1. The van der Waals surface area contributed by atoms with Crippen LogP contribution in [0.15, 0.2) is 24.3 Å². The van der Waals surface area contributed by atoms with Gasteiger partial charge in [-0.05, 0) is 42.7 Å². The van der Waals surface area contributed by atoms with Crippen molar-refractivity contribution < 1.29 is 14.3 Å². The van der Waals surface area contributed by atoms with E-state index in [2.05, 4.69) is 10.6 Å². The molecule has 3 amide bonds. The minimum Gasteiger partial charge on any atom is -0.497 e. The van der Waals surface area contributed by atoms with Gasteiger partial charge in [-0.25, -0.2) is 4.79 Å². The second kappa shape index (κ2) is 8.31. The topological polar surface area (TPSA) is 93.4 Å². The predicted octanol–water partition coefficient (Wildman–Crippen LogP) is 1.42. The molecule has 4 N–H and O–H groups in total. The first-order valence-corrected chi connectivity index (χ1v) is 7.46. The summed E-state index contributed by atoms with van der Waals surface area (Å²) in [4.78, 5) is 23.0. The van der Waals surface area contributed by atoms with E-state index in [1.54, 1.807) is 43.1 Å². The van der Waals surface area contributed by atoms with E-state index in [0.717, 1.165) is 5.75 Å². The third kappa shape index (κ3) is 5.40. The summed E-state index contributed by atoms with van der Waals surface area (Å²) in [6.45, 7) is 0. The molecular weight excluding hydrogens is 278 g/mol. The summed E-state index contributed by atoms with van der Waals surface area (Å²) in [6.07, 6.45) is 2.45. The summed E-state index contributed by atoms with van der Waals surface area (Å²) in [5, 5.41) is 5.18. The Labute approximate surface area is 122 Å². The van der Waals surface area contributed by atoms with E-state index in [1.807, 2.05) is 6.26 Å². The minimum absolute atomic E-state index is 0.289. The first-order chi connectivity index (χ1) is 9.56. The monoisotopic (exact) mass is 297 g/mol. The molecule has 0 unspecified atom stereocenters. The fourth-order valence-electron chi connectivity index (χ4n) is 1.58. The highest BCUT2D eigenvalue weighted by atomic mass is 32.2. The van der Waals surface area contributed by atoms with Crippen LogP contribution in [0.5, 0.6) is 5.75 Å². The van der Waals surface area contributed by atoms with Gasteiger partial charge in [-0.15, -0.1) is 0 Å². The highest BCUT2D eigenvalue weighted by Gasteiger charge is 2.19. The summed E-state index contributed by atoms with van der Waals surface area (Å²) in [7, 11) is 1.57. The van der Waals surface area contributed by atoms with Crippen LogP contribution in [0.25, 0.3) is 0 Å². The van der Waals surface area contributed by atoms with Gasteiger partial charge in [0, 0.05) is 5.69 Å². The number of thioether (sulfide) groups is 1. The van der Waals surface area contributed by atoms with Crippen molar-refractivity contribution in [1.29, 1.82) is 0 Å². The molecule has 0 aliphatic carbocycles. The smallest absolute Gasteiger partial charge is 0.312 e. The molecule has 0 bridgehead atoms. The first kappa shape index (κ1) is 16.2. The number of primary amides is 1. The molecule has 1 aromatic carbocycles. The lowest BCUT2D eigenvalue weighted by Crippen LogP contribution is -2.46. The zero-order valence-electron chi connectivity index (χ0n) is 11.5. The molecule has 110 valence electrons. The number of benzene rings is 1. The van der Waals surface area contributed by atoms with E-state index in [4.69, 9.17) is 10.5 Å². The van der Waals surface area contributed by atoms with Gasteiger partial charge in [-0.2, -0.15) is 11.8 Å². The molecule has 0 spiro atoms. The number of amides is 3. The van der Waals surface area contributed by atoms with Gasteiger partial charge in [0.15, 0.2) is 0 Å². The number of hydrogen-bond donors (Lipinski definition) is 3. The number of hydrogen-bond acceptors (Lipinski definition) is 4. The van der Waals surface area contributed by atoms with Gasteiger partial charge in [0.1, 0.15) is 11.8 Å². The molecule has 0 heterocycles. The molecule has 6 nitrogen and oxygen atoms in total. The molecule has 0 saturated heterocycles. The normalized spacial score (nSPS) is 11.5. The number of carbonyl (C=O) groups is 2. The van der Waals surface area contributed by atoms with Crippen molar-refractivity contribution in [2.45, 2.75) is 12.5 Å². The van der Waals surface area contributed by atoms with Gasteiger partial charge in [-0.3, -0.25) is 4.79 Å². The van der Waals surface area contributed by atoms with Crippen LogP contribution in [0.3, 0.4) is 0 Å². The Morgan fingerprint density at radius 3 is 2.50 bits per heavy atom. The van der Waals surface area contributed by atoms with E-state index in [-0.39, 0.29) is 5.91 Å². The number of rotatable bonds is 7. The van der Waals surface area contributed by atoms with Crippen LogP contribution in [0, 0.1) is 0 Å². The van der Waals surface area contributed by atoms with Crippen molar-refractivity contribution >= 4 is 29.4 Å². The third-order valence-electron chi connectivity index (χ3n) is 2.60. The lowest BCUT2D eigenvalue weighted by Gasteiger charge is -2.17. The van der Waals surface area contributed by atoms with Crippen molar-refractivity contribution in [3.8, 4) is 5.75 Å². The highest BCUT2D eigenvalue weighted by Crippen LogP contribution is 2.15. The molecule has 0 radical (unpaired) electrons. The number of urea groups is 1. The fraction of sp³-hybridized carbons (Fsp3) is 0.385. The molecule has 0 aliphatic rings. The summed E-state index contributed by atoms with van der Waals surface area (Å²) in [5.74, 6) is 1.17. The van der Waals surface area contributed by atoms with Crippen molar-refractivity contribution in [1.82, 2.24) is 5.32 Å². The van der Waals surface area contributed by atoms with Crippen molar-refractivity contribution in [2.75, 3.05) is 24.4 Å². The Balaban J connectivity index is 2.65. The van der Waals surface area contributed by atoms with Crippen LogP contribution in [-0.2, 0) is 4.79 Å². The van der Waals surface area contributed by atoms with E-state index < -0.39 is 12.1 Å². The average molecular weight is 297 g/mol. The Morgan fingerprint density at radius 2 is 2.00 bits per heavy atom. The Bertz CT molecular complexity index is 451. The van der Waals surface area contributed by atoms with E-state index in [9.17, 15) is 9.59 Å². The van der Waals surface area contributed by atoms with Crippen molar-refractivity contribution in [3.63, 3.8) is 0 Å². The third-order valence-corrected chi connectivity index (χ3v) is 3.25. The zero-order valence-corrected chi connectivity index (χ0v) is 12.3. The highest BCUT2D eigenvalue weighted by molar-refractivity contribution is 7.98. The number of carbonyl (C=O) groups excluding carboxylic acids is 2. The largest absolute Gasteiger partial charge is 0.497 e. The summed E-state index contributed by atoms with van der Waals surface area (Å²) >= 11 is 1.60. The molecule has 0 aliphatic heterocycles. The van der Waals surface area contributed by atoms with Gasteiger partial charge < -0.3 is 21.1 Å². The Hall–Kier alpha value is -1.89. The van der Waals surface area contributed by atoms with Gasteiger partial charge in [0.2, 0.25) is 5.91 Å². The Kier molecular flexibility index (Phi) is 6.72. The number of methoxy groups -OCH3 is 1. The van der Waals surface area contributed by atoms with E-state index in [1.165, 1.54) is 0 Å². The second-order valence-electron chi connectivity index (χ2n) is 4.06. The summed E-state index contributed by atoms with van der Waals surface area (Å²) < 4.78 is 5.04. The maximum Gasteiger partial charge on any atom is 0.312 e. The van der Waals surface area contributed by atoms with Gasteiger partial charge >= 0.3 is 6.03 Å². The standard InChI is InChI=1S/C13H19N3O3S/c1-19-10-5-3-9(4-6-10)15-12(17)11(7-8-20-2)16-13(14)18/h3-6,11H,7-8H2,1-2H3,(H,15,17)(H3,14,16,18)/t11-/m1/s1. The summed E-state index contributed by atoms with van der Waals surface area (Å²) in [6, 6.07) is 5.60. The predicted molar refractivity (Wildman–Crippen MR) is 81.1 cm³/mol. The average Bonchev–Trinajstić information content (AvgIpc) is 2.43. The van der Waals surface area contributed by atoms with E-state index >= 15 is 0 Å². The van der Waals surface area contributed by atoms with Gasteiger partial charge in [0.25, 0.3) is 0 Å². The molecule has 1 atom stereocenters.